The van der Waals surface area contributed by atoms with Crippen molar-refractivity contribution in [2.45, 2.75) is 24.8 Å². The molecule has 1 aromatic heterocycles. The molecule has 0 bridgehead atoms. The smallest absolute Gasteiger partial charge is 0.232 e. The summed E-state index contributed by atoms with van der Waals surface area (Å²) < 4.78 is 13.1. The Bertz CT molecular complexity index is 1080. The number of nitrogens with zero attached hydrogens (tertiary/aromatic N) is 4. The second-order valence-corrected chi connectivity index (χ2v) is 8.37. The third-order valence-corrected chi connectivity index (χ3v) is 6.19. The molecule has 7 nitrogen and oxygen atoms in total. The summed E-state index contributed by atoms with van der Waals surface area (Å²) in [5.74, 6) is 2.22. The van der Waals surface area contributed by atoms with E-state index < -0.39 is 0 Å². The highest BCUT2D eigenvalue weighted by Crippen LogP contribution is 2.32. The first-order chi connectivity index (χ1) is 15.1. The lowest BCUT2D eigenvalue weighted by Gasteiger charge is -2.28. The van der Waals surface area contributed by atoms with Gasteiger partial charge in [0, 0.05) is 30.0 Å². The highest BCUT2D eigenvalue weighted by molar-refractivity contribution is 7.98. The lowest BCUT2D eigenvalue weighted by Crippen LogP contribution is -2.37. The number of hydrogen-bond acceptors (Lipinski definition) is 7. The minimum absolute atomic E-state index is 0.0337. The fraction of sp³-hybridized carbons (Fsp3) is 0.348. The number of ether oxygens (including phenoxy) is 2. The molecule has 162 valence electrons. The molecule has 0 saturated carbocycles. The van der Waals surface area contributed by atoms with Crippen molar-refractivity contribution in [1.29, 1.82) is 0 Å². The third kappa shape index (κ3) is 4.75. The van der Waals surface area contributed by atoms with Gasteiger partial charge in [0.1, 0.15) is 5.75 Å². The first-order valence-electron chi connectivity index (χ1n) is 10.2. The predicted octanol–water partition coefficient (Wildman–Crippen LogP) is 3.92. The van der Waals surface area contributed by atoms with Crippen molar-refractivity contribution in [3.63, 3.8) is 0 Å². The number of ketones is 1. The van der Waals surface area contributed by atoms with Gasteiger partial charge in [-0.1, -0.05) is 23.9 Å². The zero-order chi connectivity index (χ0) is 21.8. The molecule has 2 heterocycles. The molecule has 4 rings (SSSR count). The van der Waals surface area contributed by atoms with Crippen LogP contribution in [-0.4, -0.2) is 54.0 Å². The van der Waals surface area contributed by atoms with E-state index >= 15 is 0 Å². The maximum absolute atomic E-state index is 11.8. The second kappa shape index (κ2) is 9.53. The largest absolute Gasteiger partial charge is 0.496 e. The summed E-state index contributed by atoms with van der Waals surface area (Å²) in [7, 11) is 1.64. The molecule has 0 amide bonds. The number of thioether (sulfide) groups is 1. The van der Waals surface area contributed by atoms with Crippen LogP contribution in [0.5, 0.6) is 5.75 Å². The Labute approximate surface area is 186 Å². The van der Waals surface area contributed by atoms with Gasteiger partial charge in [-0.25, -0.2) is 0 Å². The summed E-state index contributed by atoms with van der Waals surface area (Å²) in [6.07, 6.45) is 0. The van der Waals surface area contributed by atoms with Gasteiger partial charge in [0.2, 0.25) is 5.95 Å². The third-order valence-electron chi connectivity index (χ3n) is 5.21. The Balaban J connectivity index is 1.68. The van der Waals surface area contributed by atoms with Crippen molar-refractivity contribution in [2.24, 2.45) is 0 Å². The van der Waals surface area contributed by atoms with E-state index in [9.17, 15) is 4.79 Å². The molecule has 1 aliphatic heterocycles. The molecular weight excluding hydrogens is 412 g/mol. The van der Waals surface area contributed by atoms with E-state index in [-0.39, 0.29) is 5.78 Å². The van der Waals surface area contributed by atoms with Gasteiger partial charge in [0.15, 0.2) is 10.9 Å². The number of methoxy groups -OCH3 is 1. The zero-order valence-corrected chi connectivity index (χ0v) is 18.8. The van der Waals surface area contributed by atoms with E-state index in [2.05, 4.69) is 44.8 Å². The summed E-state index contributed by atoms with van der Waals surface area (Å²) in [6.45, 7) is 6.57. The van der Waals surface area contributed by atoms with Crippen LogP contribution in [0.25, 0.3) is 5.69 Å². The Morgan fingerprint density at radius 2 is 1.97 bits per heavy atom. The number of hydrogen-bond donors (Lipinski definition) is 0. The highest BCUT2D eigenvalue weighted by Gasteiger charge is 2.22. The Morgan fingerprint density at radius 3 is 2.68 bits per heavy atom. The number of carbonyl (C=O) groups is 1. The molecule has 0 radical (unpaired) electrons. The van der Waals surface area contributed by atoms with Gasteiger partial charge in [-0.05, 0) is 49.7 Å². The fourth-order valence-corrected chi connectivity index (χ4v) is 4.49. The number of anilines is 1. The maximum atomic E-state index is 11.8. The standard InChI is InChI=1S/C23H26N4O3S/c1-16-5-4-6-20(13-16)27-22(26-9-11-30-12-10-26)24-25-23(27)31-15-19-14-18(17(2)28)7-8-21(19)29-3/h4-8,13-14H,9-12,15H2,1-3H3. The summed E-state index contributed by atoms with van der Waals surface area (Å²) >= 11 is 1.58. The van der Waals surface area contributed by atoms with Crippen LogP contribution in [0.3, 0.4) is 0 Å². The zero-order valence-electron chi connectivity index (χ0n) is 18.0. The average molecular weight is 439 g/mol. The van der Waals surface area contributed by atoms with Crippen molar-refractivity contribution < 1.29 is 14.3 Å². The topological polar surface area (TPSA) is 69.5 Å². The molecule has 1 saturated heterocycles. The fourth-order valence-electron chi connectivity index (χ4n) is 3.57. The molecule has 0 atom stereocenters. The quantitative estimate of drug-likeness (QED) is 0.409. The summed E-state index contributed by atoms with van der Waals surface area (Å²) in [5.41, 5.74) is 3.82. The van der Waals surface area contributed by atoms with Crippen LogP contribution in [0, 0.1) is 6.92 Å². The number of Topliss-reactive ketones (excluding diaryl/α,β-unsaturated/α-hetero) is 1. The summed E-state index contributed by atoms with van der Waals surface area (Å²) in [5, 5.41) is 9.83. The molecule has 1 fully saturated rings. The number of aryl methyl sites for hydroxylation is 1. The van der Waals surface area contributed by atoms with Gasteiger partial charge in [0.25, 0.3) is 0 Å². The van der Waals surface area contributed by atoms with E-state index in [1.165, 1.54) is 5.56 Å². The van der Waals surface area contributed by atoms with Crippen LogP contribution < -0.4 is 9.64 Å². The van der Waals surface area contributed by atoms with Gasteiger partial charge >= 0.3 is 0 Å². The van der Waals surface area contributed by atoms with Gasteiger partial charge in [-0.15, -0.1) is 10.2 Å². The minimum atomic E-state index is 0.0337. The van der Waals surface area contributed by atoms with E-state index in [1.807, 2.05) is 18.2 Å². The van der Waals surface area contributed by atoms with Crippen LogP contribution in [0.15, 0.2) is 47.6 Å². The van der Waals surface area contributed by atoms with Crippen molar-refractivity contribution in [3.8, 4) is 11.4 Å². The molecule has 0 spiro atoms. The summed E-state index contributed by atoms with van der Waals surface area (Å²) in [4.78, 5) is 14.0. The van der Waals surface area contributed by atoms with Gasteiger partial charge < -0.3 is 14.4 Å². The molecule has 8 heteroatoms. The molecule has 31 heavy (non-hydrogen) atoms. The van der Waals surface area contributed by atoms with Crippen LogP contribution in [0.4, 0.5) is 5.95 Å². The van der Waals surface area contributed by atoms with E-state index in [1.54, 1.807) is 31.9 Å². The lowest BCUT2D eigenvalue weighted by molar-refractivity contribution is 0.101. The Hall–Kier alpha value is -2.84. The monoisotopic (exact) mass is 438 g/mol. The second-order valence-electron chi connectivity index (χ2n) is 7.43. The first-order valence-corrected chi connectivity index (χ1v) is 11.2. The SMILES string of the molecule is COc1ccc(C(C)=O)cc1CSc1nnc(N2CCOCC2)n1-c1cccc(C)c1. The van der Waals surface area contributed by atoms with E-state index in [0.29, 0.717) is 24.5 Å². The molecule has 1 aliphatic rings. The lowest BCUT2D eigenvalue weighted by atomic mass is 10.1. The minimum Gasteiger partial charge on any atom is -0.496 e. The number of morpholine rings is 1. The molecule has 2 aromatic carbocycles. The molecular formula is C23H26N4O3S. The molecule has 0 aliphatic carbocycles. The van der Waals surface area contributed by atoms with Crippen molar-refractivity contribution in [1.82, 2.24) is 14.8 Å². The predicted molar refractivity (Wildman–Crippen MR) is 122 cm³/mol. The van der Waals surface area contributed by atoms with Crippen LogP contribution in [0.1, 0.15) is 28.4 Å². The molecule has 3 aromatic rings. The number of rotatable bonds is 7. The maximum Gasteiger partial charge on any atom is 0.232 e. The first kappa shape index (κ1) is 21.4. The summed E-state index contributed by atoms with van der Waals surface area (Å²) in [6, 6.07) is 13.9. The van der Waals surface area contributed by atoms with Gasteiger partial charge in [-0.3, -0.25) is 9.36 Å². The number of aromatic nitrogens is 3. The van der Waals surface area contributed by atoms with Crippen molar-refractivity contribution in [2.75, 3.05) is 38.3 Å². The van der Waals surface area contributed by atoms with Crippen LogP contribution >= 0.6 is 11.8 Å². The molecule has 0 unspecified atom stereocenters. The van der Waals surface area contributed by atoms with Crippen LogP contribution in [0.2, 0.25) is 0 Å². The van der Waals surface area contributed by atoms with Crippen molar-refractivity contribution in [3.05, 3.63) is 59.2 Å². The highest BCUT2D eigenvalue weighted by atomic mass is 32.2. The van der Waals surface area contributed by atoms with E-state index in [0.717, 1.165) is 41.2 Å². The number of carbonyl (C=O) groups excluding carboxylic acids is 1. The van der Waals surface area contributed by atoms with Crippen LogP contribution in [-0.2, 0) is 10.5 Å². The van der Waals surface area contributed by atoms with E-state index in [4.69, 9.17) is 9.47 Å². The Kier molecular flexibility index (Phi) is 6.58. The number of benzene rings is 2. The Morgan fingerprint density at radius 1 is 1.16 bits per heavy atom. The van der Waals surface area contributed by atoms with Crippen molar-refractivity contribution >= 4 is 23.5 Å². The van der Waals surface area contributed by atoms with Gasteiger partial charge in [0.05, 0.1) is 26.0 Å². The van der Waals surface area contributed by atoms with Gasteiger partial charge in [-0.2, -0.15) is 0 Å². The normalized spacial score (nSPS) is 14.0. The molecule has 0 N–H and O–H groups in total. The average Bonchev–Trinajstić information content (AvgIpc) is 3.22.